The maximum absolute atomic E-state index is 12.3. The quantitative estimate of drug-likeness (QED) is 0.944. The largest absolute Gasteiger partial charge is 0.371 e. The molecule has 1 N–H and O–H groups in total. The van der Waals surface area contributed by atoms with Gasteiger partial charge < -0.3 is 10.2 Å². The van der Waals surface area contributed by atoms with Gasteiger partial charge in [-0.3, -0.25) is 9.78 Å². The van der Waals surface area contributed by atoms with E-state index >= 15 is 0 Å². The number of anilines is 1. The zero-order valence-corrected chi connectivity index (χ0v) is 12.7. The maximum Gasteiger partial charge on any atom is 0.225 e. The Morgan fingerprint density at radius 2 is 2.24 bits per heavy atom. The van der Waals surface area contributed by atoms with Crippen LogP contribution in [0.5, 0.6) is 0 Å². The summed E-state index contributed by atoms with van der Waals surface area (Å²) in [4.78, 5) is 19.8. The van der Waals surface area contributed by atoms with Crippen molar-refractivity contribution in [2.45, 2.75) is 19.4 Å². The SMILES string of the molecule is O=C(NCc1cccs1)C1CCCN(c2ccncc2)C1. The Labute approximate surface area is 128 Å². The minimum atomic E-state index is 0.0758. The molecule has 110 valence electrons. The molecule has 1 unspecified atom stereocenters. The summed E-state index contributed by atoms with van der Waals surface area (Å²) in [5.74, 6) is 0.244. The van der Waals surface area contributed by atoms with E-state index in [4.69, 9.17) is 0 Å². The van der Waals surface area contributed by atoms with Gasteiger partial charge in [-0.05, 0) is 36.4 Å². The third-order valence-corrected chi connectivity index (χ3v) is 4.71. The van der Waals surface area contributed by atoms with Crippen LogP contribution in [-0.4, -0.2) is 24.0 Å². The standard InChI is InChI=1S/C16H19N3OS/c20-16(18-11-15-4-2-10-21-15)13-3-1-9-19(12-13)14-5-7-17-8-6-14/h2,4-8,10,13H,1,3,9,11-12H2,(H,18,20). The number of thiophene rings is 1. The van der Waals surface area contributed by atoms with E-state index in [1.807, 2.05) is 23.6 Å². The first-order chi connectivity index (χ1) is 10.3. The van der Waals surface area contributed by atoms with Gasteiger partial charge in [0.2, 0.25) is 5.91 Å². The van der Waals surface area contributed by atoms with Crippen molar-refractivity contribution in [2.24, 2.45) is 5.92 Å². The third kappa shape index (κ3) is 3.61. The van der Waals surface area contributed by atoms with Gasteiger partial charge in [0.15, 0.2) is 0 Å². The summed E-state index contributed by atoms with van der Waals surface area (Å²) in [6.07, 6.45) is 5.63. The lowest BCUT2D eigenvalue weighted by molar-refractivity contribution is -0.125. The molecule has 3 rings (SSSR count). The number of hydrogen-bond donors (Lipinski definition) is 1. The highest BCUT2D eigenvalue weighted by atomic mass is 32.1. The maximum atomic E-state index is 12.3. The average Bonchev–Trinajstić information content (AvgIpc) is 3.07. The van der Waals surface area contributed by atoms with Crippen LogP contribution < -0.4 is 10.2 Å². The molecule has 2 aromatic heterocycles. The number of amides is 1. The van der Waals surface area contributed by atoms with Crippen LogP contribution in [0.3, 0.4) is 0 Å². The number of piperidine rings is 1. The van der Waals surface area contributed by atoms with Gasteiger partial charge in [-0.15, -0.1) is 11.3 Å². The number of hydrogen-bond acceptors (Lipinski definition) is 4. The van der Waals surface area contributed by atoms with Crippen LogP contribution in [0.4, 0.5) is 5.69 Å². The Balaban J connectivity index is 1.56. The van der Waals surface area contributed by atoms with Crippen LogP contribution in [-0.2, 0) is 11.3 Å². The second-order valence-electron chi connectivity index (χ2n) is 5.29. The van der Waals surface area contributed by atoms with Crippen molar-refractivity contribution in [1.82, 2.24) is 10.3 Å². The molecule has 0 aromatic carbocycles. The molecule has 2 aromatic rings. The summed E-state index contributed by atoms with van der Waals surface area (Å²) in [5, 5.41) is 5.09. The van der Waals surface area contributed by atoms with Crippen molar-refractivity contribution in [3.05, 3.63) is 46.9 Å². The molecule has 3 heterocycles. The Bertz CT molecular complexity index is 570. The number of carbonyl (C=O) groups is 1. The topological polar surface area (TPSA) is 45.2 Å². The van der Waals surface area contributed by atoms with E-state index in [0.717, 1.165) is 31.6 Å². The van der Waals surface area contributed by atoms with E-state index in [2.05, 4.69) is 21.3 Å². The van der Waals surface area contributed by atoms with Crippen LogP contribution >= 0.6 is 11.3 Å². The van der Waals surface area contributed by atoms with E-state index < -0.39 is 0 Å². The monoisotopic (exact) mass is 301 g/mol. The van der Waals surface area contributed by atoms with Crippen molar-refractivity contribution in [3.8, 4) is 0 Å². The van der Waals surface area contributed by atoms with Gasteiger partial charge in [-0.1, -0.05) is 6.07 Å². The van der Waals surface area contributed by atoms with Crippen LogP contribution in [0.1, 0.15) is 17.7 Å². The Morgan fingerprint density at radius 1 is 1.38 bits per heavy atom. The molecule has 4 nitrogen and oxygen atoms in total. The first-order valence-electron chi connectivity index (χ1n) is 7.28. The number of nitrogens with zero attached hydrogens (tertiary/aromatic N) is 2. The normalized spacial score (nSPS) is 18.5. The van der Waals surface area contributed by atoms with Crippen LogP contribution in [0.15, 0.2) is 42.0 Å². The van der Waals surface area contributed by atoms with Gasteiger partial charge in [-0.25, -0.2) is 0 Å². The van der Waals surface area contributed by atoms with E-state index in [-0.39, 0.29) is 11.8 Å². The highest BCUT2D eigenvalue weighted by Gasteiger charge is 2.25. The van der Waals surface area contributed by atoms with Crippen molar-refractivity contribution >= 4 is 22.9 Å². The molecule has 1 amide bonds. The Kier molecular flexibility index (Phi) is 4.50. The minimum absolute atomic E-state index is 0.0758. The first kappa shape index (κ1) is 14.1. The smallest absolute Gasteiger partial charge is 0.225 e. The lowest BCUT2D eigenvalue weighted by Gasteiger charge is -2.33. The van der Waals surface area contributed by atoms with Crippen molar-refractivity contribution < 1.29 is 4.79 Å². The van der Waals surface area contributed by atoms with Crippen molar-refractivity contribution in [3.63, 3.8) is 0 Å². The molecule has 1 atom stereocenters. The van der Waals surface area contributed by atoms with Gasteiger partial charge in [0, 0.05) is 36.0 Å². The summed E-state index contributed by atoms with van der Waals surface area (Å²) in [7, 11) is 0. The zero-order chi connectivity index (χ0) is 14.5. The van der Waals surface area contributed by atoms with E-state index in [1.165, 1.54) is 4.88 Å². The lowest BCUT2D eigenvalue weighted by atomic mass is 9.96. The van der Waals surface area contributed by atoms with Gasteiger partial charge in [-0.2, -0.15) is 0 Å². The molecule has 0 spiro atoms. The van der Waals surface area contributed by atoms with Gasteiger partial charge in [0.25, 0.3) is 0 Å². The second kappa shape index (κ2) is 6.72. The molecular formula is C16H19N3OS. The number of rotatable bonds is 4. The molecule has 1 aliphatic rings. The lowest BCUT2D eigenvalue weighted by Crippen LogP contribution is -2.42. The molecule has 1 aliphatic heterocycles. The summed E-state index contributed by atoms with van der Waals surface area (Å²) in [6, 6.07) is 8.07. The highest BCUT2D eigenvalue weighted by Crippen LogP contribution is 2.22. The molecule has 0 radical (unpaired) electrons. The molecule has 0 saturated carbocycles. The number of carbonyl (C=O) groups excluding carboxylic acids is 1. The summed E-state index contributed by atoms with van der Waals surface area (Å²) < 4.78 is 0. The van der Waals surface area contributed by atoms with Gasteiger partial charge in [0.05, 0.1) is 12.5 Å². The first-order valence-corrected chi connectivity index (χ1v) is 8.16. The summed E-state index contributed by atoms with van der Waals surface area (Å²) >= 11 is 1.68. The summed E-state index contributed by atoms with van der Waals surface area (Å²) in [5.41, 5.74) is 1.15. The average molecular weight is 301 g/mol. The fourth-order valence-corrected chi connectivity index (χ4v) is 3.36. The molecule has 0 aliphatic carbocycles. The second-order valence-corrected chi connectivity index (χ2v) is 6.32. The number of aromatic nitrogens is 1. The van der Waals surface area contributed by atoms with Crippen LogP contribution in [0.2, 0.25) is 0 Å². The molecule has 1 saturated heterocycles. The number of nitrogens with one attached hydrogen (secondary N) is 1. The zero-order valence-electron chi connectivity index (χ0n) is 11.9. The Hall–Kier alpha value is -1.88. The predicted octanol–water partition coefficient (Wildman–Crippen LogP) is 2.68. The third-order valence-electron chi connectivity index (χ3n) is 3.84. The van der Waals surface area contributed by atoms with E-state index in [0.29, 0.717) is 6.54 Å². The Morgan fingerprint density at radius 3 is 3.00 bits per heavy atom. The molecule has 21 heavy (non-hydrogen) atoms. The van der Waals surface area contributed by atoms with E-state index in [9.17, 15) is 4.79 Å². The van der Waals surface area contributed by atoms with Crippen molar-refractivity contribution in [1.29, 1.82) is 0 Å². The van der Waals surface area contributed by atoms with Gasteiger partial charge >= 0.3 is 0 Å². The molecule has 0 bridgehead atoms. The molecule has 5 heteroatoms. The van der Waals surface area contributed by atoms with E-state index in [1.54, 1.807) is 23.7 Å². The highest BCUT2D eigenvalue weighted by molar-refractivity contribution is 7.09. The summed E-state index contributed by atoms with van der Waals surface area (Å²) in [6.45, 7) is 2.45. The van der Waals surface area contributed by atoms with Crippen molar-refractivity contribution in [2.75, 3.05) is 18.0 Å². The fourth-order valence-electron chi connectivity index (χ4n) is 2.71. The van der Waals surface area contributed by atoms with Crippen LogP contribution in [0.25, 0.3) is 0 Å². The van der Waals surface area contributed by atoms with Gasteiger partial charge in [0.1, 0.15) is 0 Å². The van der Waals surface area contributed by atoms with Crippen LogP contribution in [0, 0.1) is 5.92 Å². The number of pyridine rings is 1. The predicted molar refractivity (Wildman–Crippen MR) is 85.3 cm³/mol. The fraction of sp³-hybridized carbons (Fsp3) is 0.375. The molecular weight excluding hydrogens is 282 g/mol. The minimum Gasteiger partial charge on any atom is -0.371 e. The molecule has 1 fully saturated rings.